The molecule has 0 saturated carbocycles. The highest BCUT2D eigenvalue weighted by atomic mass is 35.5. The molecule has 0 bridgehead atoms. The van der Waals surface area contributed by atoms with Crippen molar-refractivity contribution in [2.45, 2.75) is 0 Å². The smallest absolute Gasteiger partial charge is 0.408 e. The molecule has 12 nitrogen and oxygen atoms in total. The fourth-order valence-corrected chi connectivity index (χ4v) is 2.84. The van der Waals surface area contributed by atoms with E-state index in [-0.39, 0.29) is 32.6 Å². The van der Waals surface area contributed by atoms with Crippen molar-refractivity contribution in [3.63, 3.8) is 0 Å². The highest BCUT2D eigenvalue weighted by Crippen LogP contribution is 2.29. The van der Waals surface area contributed by atoms with Gasteiger partial charge in [0.2, 0.25) is 0 Å². The highest BCUT2D eigenvalue weighted by molar-refractivity contribution is 6.33. The molecule has 2 aromatic carbocycles. The van der Waals surface area contributed by atoms with Crippen LogP contribution in [-0.4, -0.2) is 19.4 Å². The first-order chi connectivity index (χ1) is 13.6. The van der Waals surface area contributed by atoms with Crippen LogP contribution in [0.2, 0.25) is 10.0 Å². The van der Waals surface area contributed by atoms with E-state index < -0.39 is 21.4 Å². The molecule has 29 heavy (non-hydrogen) atoms. The minimum Gasteiger partial charge on any atom is -0.408 e. The van der Waals surface area contributed by atoms with Crippen LogP contribution in [0.1, 0.15) is 0 Å². The van der Waals surface area contributed by atoms with Crippen molar-refractivity contribution in [2.24, 2.45) is 7.05 Å². The van der Waals surface area contributed by atoms with Crippen molar-refractivity contribution in [3.8, 4) is 0 Å². The molecule has 0 amide bonds. The van der Waals surface area contributed by atoms with Crippen molar-refractivity contribution in [1.29, 1.82) is 0 Å². The molecular formula is C15H8Cl2N4O8. The van der Waals surface area contributed by atoms with Crippen LogP contribution in [0.5, 0.6) is 0 Å². The number of oxazole rings is 2. The van der Waals surface area contributed by atoms with Crippen LogP contribution in [-0.2, 0) is 7.05 Å². The number of rotatable bonds is 2. The molecule has 0 aliphatic heterocycles. The maximum absolute atomic E-state index is 11.1. The van der Waals surface area contributed by atoms with Gasteiger partial charge in [0, 0.05) is 7.05 Å². The zero-order valence-electron chi connectivity index (χ0n) is 14.2. The number of halogens is 2. The van der Waals surface area contributed by atoms with Crippen LogP contribution in [0.3, 0.4) is 0 Å². The van der Waals surface area contributed by atoms with Gasteiger partial charge in [-0.3, -0.25) is 29.8 Å². The van der Waals surface area contributed by atoms with Crippen LogP contribution in [0.15, 0.2) is 42.7 Å². The zero-order chi connectivity index (χ0) is 21.5. The molecule has 14 heteroatoms. The predicted octanol–water partition coefficient (Wildman–Crippen LogP) is 3.38. The summed E-state index contributed by atoms with van der Waals surface area (Å²) in [6.07, 6.45) is 0. The SMILES string of the molecule is Cn1c(=O)oc2cc([N+](=O)[O-])c(Cl)cc21.O=c1[nH]c2cc(Cl)c([N+](=O)[O-])cc2o1. The van der Waals surface area contributed by atoms with E-state index in [0.717, 1.165) is 12.1 Å². The van der Waals surface area contributed by atoms with E-state index >= 15 is 0 Å². The maximum atomic E-state index is 11.1. The number of hydrogen-bond donors (Lipinski definition) is 1. The Morgan fingerprint density at radius 2 is 1.48 bits per heavy atom. The van der Waals surface area contributed by atoms with E-state index in [1.54, 1.807) is 0 Å². The normalized spacial score (nSPS) is 10.7. The fraction of sp³-hybridized carbons (Fsp3) is 0.0667. The number of nitro benzene ring substituents is 2. The third kappa shape index (κ3) is 3.83. The first-order valence-electron chi connectivity index (χ1n) is 7.48. The van der Waals surface area contributed by atoms with Crippen LogP contribution >= 0.6 is 23.2 Å². The van der Waals surface area contributed by atoms with Crippen molar-refractivity contribution >= 4 is 56.8 Å². The fourth-order valence-electron chi connectivity index (χ4n) is 2.38. The lowest BCUT2D eigenvalue weighted by Gasteiger charge is -1.95. The Hall–Kier alpha value is -3.64. The Labute approximate surface area is 168 Å². The second-order valence-corrected chi connectivity index (χ2v) is 6.34. The summed E-state index contributed by atoms with van der Waals surface area (Å²) < 4.78 is 10.7. The molecule has 2 heterocycles. The Balaban J connectivity index is 0.000000166. The third-order valence-corrected chi connectivity index (χ3v) is 4.35. The molecule has 0 atom stereocenters. The first-order valence-corrected chi connectivity index (χ1v) is 8.24. The summed E-state index contributed by atoms with van der Waals surface area (Å²) in [6.45, 7) is 0. The minimum atomic E-state index is -0.670. The second kappa shape index (κ2) is 7.41. The van der Waals surface area contributed by atoms with Gasteiger partial charge in [0.15, 0.2) is 11.2 Å². The molecule has 150 valence electrons. The summed E-state index contributed by atoms with van der Waals surface area (Å²) in [5.74, 6) is -1.25. The number of benzene rings is 2. The molecule has 0 aliphatic carbocycles. The number of nitrogens with zero attached hydrogens (tertiary/aromatic N) is 3. The predicted molar refractivity (Wildman–Crippen MR) is 102 cm³/mol. The monoisotopic (exact) mass is 442 g/mol. The molecular weight excluding hydrogens is 435 g/mol. The molecule has 2 aromatic heterocycles. The molecule has 0 radical (unpaired) electrons. The van der Waals surface area contributed by atoms with Gasteiger partial charge in [0.1, 0.15) is 10.0 Å². The summed E-state index contributed by atoms with van der Waals surface area (Å²) in [5, 5.41) is 20.9. The van der Waals surface area contributed by atoms with Crippen molar-refractivity contribution < 1.29 is 18.7 Å². The highest BCUT2D eigenvalue weighted by Gasteiger charge is 2.17. The summed E-state index contributed by atoms with van der Waals surface area (Å²) in [7, 11) is 1.50. The summed E-state index contributed by atoms with van der Waals surface area (Å²) in [6, 6.07) is 4.86. The van der Waals surface area contributed by atoms with Gasteiger partial charge in [-0.2, -0.15) is 0 Å². The van der Waals surface area contributed by atoms with E-state index in [4.69, 9.17) is 27.6 Å². The van der Waals surface area contributed by atoms with Crippen LogP contribution < -0.4 is 11.5 Å². The third-order valence-electron chi connectivity index (χ3n) is 3.74. The van der Waals surface area contributed by atoms with Crippen LogP contribution in [0.4, 0.5) is 11.4 Å². The quantitative estimate of drug-likeness (QED) is 0.363. The molecule has 4 rings (SSSR count). The van der Waals surface area contributed by atoms with E-state index in [9.17, 15) is 29.8 Å². The number of aryl methyl sites for hydroxylation is 1. The maximum Gasteiger partial charge on any atom is 0.419 e. The van der Waals surface area contributed by atoms with E-state index in [1.165, 1.54) is 23.7 Å². The van der Waals surface area contributed by atoms with Gasteiger partial charge in [-0.25, -0.2) is 9.59 Å². The van der Waals surface area contributed by atoms with Gasteiger partial charge < -0.3 is 8.83 Å². The number of nitrogens with one attached hydrogen (secondary N) is 1. The van der Waals surface area contributed by atoms with Crippen LogP contribution in [0, 0.1) is 20.2 Å². The molecule has 0 unspecified atom stereocenters. The standard InChI is InChI=1S/C8H5ClN2O4.C7H3ClN2O4/c1-10-6-2-4(9)5(11(13)14)3-7(6)15-8(10)12;8-3-1-4-6(14-7(11)9-4)2-5(3)10(12)13/h2-3H,1H3;1-2H,(H,9,11). The Kier molecular flexibility index (Phi) is 5.14. The number of aromatic amines is 1. The molecule has 1 N–H and O–H groups in total. The van der Waals surface area contributed by atoms with Gasteiger partial charge in [-0.1, -0.05) is 23.2 Å². The van der Waals surface area contributed by atoms with Gasteiger partial charge in [-0.15, -0.1) is 0 Å². The lowest BCUT2D eigenvalue weighted by molar-refractivity contribution is -0.384. The van der Waals surface area contributed by atoms with Crippen molar-refractivity contribution in [3.05, 3.63) is 75.6 Å². The van der Waals surface area contributed by atoms with Gasteiger partial charge in [0.25, 0.3) is 11.4 Å². The van der Waals surface area contributed by atoms with Gasteiger partial charge in [0.05, 0.1) is 33.0 Å². The topological polar surface area (TPSA) is 167 Å². The lowest BCUT2D eigenvalue weighted by atomic mass is 10.3. The summed E-state index contributed by atoms with van der Waals surface area (Å²) in [5.41, 5.74) is 0.464. The van der Waals surface area contributed by atoms with E-state index in [0.29, 0.717) is 11.0 Å². The number of hydrogen-bond acceptors (Lipinski definition) is 8. The minimum absolute atomic E-state index is 0.0242. The van der Waals surface area contributed by atoms with E-state index in [1.807, 2.05) is 0 Å². The largest absolute Gasteiger partial charge is 0.419 e. The average Bonchev–Trinajstić information content (AvgIpc) is 3.12. The summed E-state index contributed by atoms with van der Waals surface area (Å²) >= 11 is 11.3. The van der Waals surface area contributed by atoms with Crippen molar-refractivity contribution in [2.75, 3.05) is 0 Å². The molecule has 0 aliphatic rings. The molecule has 0 fully saturated rings. The lowest BCUT2D eigenvalue weighted by Crippen LogP contribution is -2.08. The van der Waals surface area contributed by atoms with E-state index in [2.05, 4.69) is 9.40 Å². The van der Waals surface area contributed by atoms with Gasteiger partial charge in [-0.05, 0) is 12.1 Å². The average molecular weight is 443 g/mol. The number of H-pyrrole nitrogens is 1. The number of aromatic nitrogens is 2. The first kappa shape index (κ1) is 20.1. The second-order valence-electron chi connectivity index (χ2n) is 5.53. The molecule has 0 spiro atoms. The molecule has 0 saturated heterocycles. The van der Waals surface area contributed by atoms with Gasteiger partial charge >= 0.3 is 11.5 Å². The number of nitro groups is 2. The van der Waals surface area contributed by atoms with Crippen molar-refractivity contribution in [1.82, 2.24) is 9.55 Å². The Morgan fingerprint density at radius 1 is 0.931 bits per heavy atom. The van der Waals surface area contributed by atoms with Crippen LogP contribution in [0.25, 0.3) is 22.2 Å². The molecule has 4 aromatic rings. The summed E-state index contributed by atoms with van der Waals surface area (Å²) in [4.78, 5) is 43.9. The Bertz CT molecular complexity index is 1400. The Morgan fingerprint density at radius 3 is 2.07 bits per heavy atom. The zero-order valence-corrected chi connectivity index (χ0v) is 15.7. The number of fused-ring (bicyclic) bond motifs is 2.